The molecule has 0 fully saturated rings. The Morgan fingerprint density at radius 3 is 3.00 bits per heavy atom. The van der Waals surface area contributed by atoms with Crippen LogP contribution in [0.2, 0.25) is 0 Å². The number of aromatic nitrogens is 4. The third kappa shape index (κ3) is 1.04. The van der Waals surface area contributed by atoms with Crippen LogP contribution in [0.5, 0.6) is 6.01 Å². The van der Waals surface area contributed by atoms with Crippen LogP contribution in [0, 0.1) is 0 Å². The molecule has 0 N–H and O–H groups in total. The van der Waals surface area contributed by atoms with Gasteiger partial charge < -0.3 is 4.74 Å². The highest BCUT2D eigenvalue weighted by Gasteiger charge is 2.05. The summed E-state index contributed by atoms with van der Waals surface area (Å²) in [5.41, 5.74) is 0.662. The fourth-order valence-corrected chi connectivity index (χ4v) is 1.16. The van der Waals surface area contributed by atoms with Crippen molar-refractivity contribution in [3.63, 3.8) is 0 Å². The van der Waals surface area contributed by atoms with Crippen molar-refractivity contribution < 1.29 is 4.74 Å². The molecule has 6 heteroatoms. The minimum absolute atomic E-state index is 0.381. The Morgan fingerprint density at radius 2 is 2.25 bits per heavy atom. The van der Waals surface area contributed by atoms with Gasteiger partial charge in [0.25, 0.3) is 0 Å². The predicted octanol–water partition coefficient (Wildman–Crippen LogP) is 0.895. The van der Waals surface area contributed by atoms with E-state index < -0.39 is 0 Å². The van der Waals surface area contributed by atoms with Gasteiger partial charge in [0, 0.05) is 0 Å². The van der Waals surface area contributed by atoms with Gasteiger partial charge >= 0.3 is 6.01 Å². The molecule has 2 rings (SSSR count). The molecule has 62 valence electrons. The largest absolute Gasteiger partial charge is 0.466 e. The number of hydrogen-bond donors (Lipinski definition) is 0. The van der Waals surface area contributed by atoms with Crippen molar-refractivity contribution in [3.05, 3.63) is 16.7 Å². The van der Waals surface area contributed by atoms with E-state index >= 15 is 0 Å². The summed E-state index contributed by atoms with van der Waals surface area (Å²) in [6, 6.07) is 3.97. The highest BCUT2D eigenvalue weighted by atomic mass is 79.9. The zero-order chi connectivity index (χ0) is 8.55. The number of halogens is 1. The van der Waals surface area contributed by atoms with Crippen molar-refractivity contribution in [2.24, 2.45) is 0 Å². The third-order valence-corrected chi connectivity index (χ3v) is 1.81. The van der Waals surface area contributed by atoms with Crippen LogP contribution in [-0.2, 0) is 0 Å². The molecule has 0 aliphatic carbocycles. The molecule has 0 saturated carbocycles. The molecule has 0 aromatic carbocycles. The number of rotatable bonds is 1. The van der Waals surface area contributed by atoms with Crippen LogP contribution in [0.4, 0.5) is 0 Å². The molecule has 0 aliphatic rings. The summed E-state index contributed by atoms with van der Waals surface area (Å²) in [7, 11) is 1.53. The zero-order valence-electron chi connectivity index (χ0n) is 6.23. The van der Waals surface area contributed by atoms with Crippen LogP contribution in [-0.4, -0.2) is 26.9 Å². The summed E-state index contributed by atoms with van der Waals surface area (Å²) in [4.78, 5) is 0. The predicted molar refractivity (Wildman–Crippen MR) is 45.0 cm³/mol. The Labute approximate surface area is 76.5 Å². The normalized spacial score (nSPS) is 10.5. The number of methoxy groups -OCH3 is 1. The van der Waals surface area contributed by atoms with E-state index in [-0.39, 0.29) is 0 Å². The first kappa shape index (κ1) is 7.48. The van der Waals surface area contributed by atoms with E-state index in [1.807, 2.05) is 0 Å². The second-order valence-corrected chi connectivity index (χ2v) is 2.93. The number of ether oxygens (including phenoxy) is 1. The highest BCUT2D eigenvalue weighted by molar-refractivity contribution is 9.10. The van der Waals surface area contributed by atoms with Crippen molar-refractivity contribution in [1.82, 2.24) is 19.8 Å². The van der Waals surface area contributed by atoms with Gasteiger partial charge in [-0.25, -0.2) is 0 Å². The van der Waals surface area contributed by atoms with Crippen molar-refractivity contribution in [1.29, 1.82) is 0 Å². The van der Waals surface area contributed by atoms with E-state index in [9.17, 15) is 0 Å². The van der Waals surface area contributed by atoms with Crippen LogP contribution in [0.25, 0.3) is 5.65 Å². The van der Waals surface area contributed by atoms with Crippen LogP contribution in [0.1, 0.15) is 0 Å². The number of nitrogens with zero attached hydrogens (tertiary/aromatic N) is 4. The van der Waals surface area contributed by atoms with E-state index in [1.54, 1.807) is 12.1 Å². The van der Waals surface area contributed by atoms with Gasteiger partial charge in [-0.15, -0.1) is 5.10 Å². The molecule has 0 bridgehead atoms. The molecular formula is C6H5BrN4O. The van der Waals surface area contributed by atoms with E-state index in [1.165, 1.54) is 11.6 Å². The molecule has 0 atom stereocenters. The second-order valence-electron chi connectivity index (χ2n) is 2.11. The maximum atomic E-state index is 4.93. The molecule has 0 radical (unpaired) electrons. The lowest BCUT2D eigenvalue weighted by molar-refractivity contribution is 0.368. The maximum Gasteiger partial charge on any atom is 0.338 e. The van der Waals surface area contributed by atoms with Gasteiger partial charge in [-0.3, -0.25) is 0 Å². The minimum atomic E-state index is 0.381. The average Bonchev–Trinajstić information content (AvgIpc) is 2.46. The lowest BCUT2D eigenvalue weighted by Gasteiger charge is -1.95. The highest BCUT2D eigenvalue weighted by Crippen LogP contribution is 2.11. The van der Waals surface area contributed by atoms with Crippen molar-refractivity contribution in [3.8, 4) is 6.01 Å². The van der Waals surface area contributed by atoms with Gasteiger partial charge in [0.05, 0.1) is 7.11 Å². The minimum Gasteiger partial charge on any atom is -0.466 e. The Kier molecular flexibility index (Phi) is 1.69. The average molecular weight is 229 g/mol. The molecule has 0 amide bonds. The fourth-order valence-electron chi connectivity index (χ4n) is 0.874. The summed E-state index contributed by atoms with van der Waals surface area (Å²) in [5.74, 6) is 0. The lowest BCUT2D eigenvalue weighted by atomic mass is 10.6. The van der Waals surface area contributed by atoms with Gasteiger partial charge in [-0.1, -0.05) is 5.10 Å². The van der Waals surface area contributed by atoms with Gasteiger partial charge in [-0.05, 0) is 28.1 Å². The van der Waals surface area contributed by atoms with Crippen LogP contribution in [0.3, 0.4) is 0 Å². The quantitative estimate of drug-likeness (QED) is 0.728. The van der Waals surface area contributed by atoms with E-state index in [0.717, 1.165) is 0 Å². The standard InChI is InChI=1S/C6H5BrN4O/c1-12-6-9-8-5-3-2-4(7)10-11(5)6/h2-3H,1H3. The molecular weight excluding hydrogens is 224 g/mol. The molecule has 2 heterocycles. The monoisotopic (exact) mass is 228 g/mol. The van der Waals surface area contributed by atoms with Crippen LogP contribution < -0.4 is 4.74 Å². The number of fused-ring (bicyclic) bond motifs is 1. The summed E-state index contributed by atoms with van der Waals surface area (Å²) in [6.45, 7) is 0. The Bertz CT molecular complexity index is 413. The molecule has 2 aromatic heterocycles. The summed E-state index contributed by atoms with van der Waals surface area (Å²) in [6.07, 6.45) is 0. The zero-order valence-corrected chi connectivity index (χ0v) is 7.82. The first-order valence-electron chi connectivity index (χ1n) is 3.23. The summed E-state index contributed by atoms with van der Waals surface area (Å²) < 4.78 is 7.16. The SMILES string of the molecule is COc1nnc2ccc(Br)nn12. The summed E-state index contributed by atoms with van der Waals surface area (Å²) in [5, 5.41) is 11.7. The van der Waals surface area contributed by atoms with Crippen LogP contribution >= 0.6 is 15.9 Å². The van der Waals surface area contributed by atoms with Gasteiger partial charge in [0.1, 0.15) is 4.60 Å². The maximum absolute atomic E-state index is 4.93. The molecule has 0 aliphatic heterocycles. The molecule has 0 spiro atoms. The number of hydrogen-bond acceptors (Lipinski definition) is 4. The molecule has 5 nitrogen and oxygen atoms in total. The van der Waals surface area contributed by atoms with E-state index in [4.69, 9.17) is 4.74 Å². The summed E-state index contributed by atoms with van der Waals surface area (Å²) >= 11 is 3.24. The van der Waals surface area contributed by atoms with Crippen LogP contribution in [0.15, 0.2) is 16.7 Å². The van der Waals surface area contributed by atoms with E-state index in [2.05, 4.69) is 31.2 Å². The van der Waals surface area contributed by atoms with Crippen molar-refractivity contribution in [2.45, 2.75) is 0 Å². The third-order valence-electron chi connectivity index (χ3n) is 1.38. The Morgan fingerprint density at radius 1 is 1.42 bits per heavy atom. The second kappa shape index (κ2) is 2.71. The molecule has 2 aromatic rings. The smallest absolute Gasteiger partial charge is 0.338 e. The topological polar surface area (TPSA) is 52.3 Å². The van der Waals surface area contributed by atoms with Crippen molar-refractivity contribution in [2.75, 3.05) is 7.11 Å². The molecule has 0 saturated heterocycles. The first-order chi connectivity index (χ1) is 5.81. The Hall–Kier alpha value is -1.17. The lowest BCUT2D eigenvalue weighted by Crippen LogP contribution is -1.95. The van der Waals surface area contributed by atoms with E-state index in [0.29, 0.717) is 16.3 Å². The first-order valence-corrected chi connectivity index (χ1v) is 4.02. The molecule has 0 unspecified atom stereocenters. The van der Waals surface area contributed by atoms with Crippen molar-refractivity contribution >= 4 is 21.6 Å². The molecule has 12 heavy (non-hydrogen) atoms. The van der Waals surface area contributed by atoms with Gasteiger partial charge in [-0.2, -0.15) is 9.61 Å². The fraction of sp³-hybridized carbons (Fsp3) is 0.167. The van der Waals surface area contributed by atoms with Gasteiger partial charge in [0.2, 0.25) is 0 Å². The Balaban J connectivity index is 2.75. The van der Waals surface area contributed by atoms with Gasteiger partial charge in [0.15, 0.2) is 5.65 Å².